The first-order valence-electron chi connectivity index (χ1n) is 10.9. The van der Waals surface area contributed by atoms with Gasteiger partial charge in [-0.2, -0.15) is 0 Å². The molecule has 0 atom stereocenters. The van der Waals surface area contributed by atoms with E-state index in [0.717, 1.165) is 16.0 Å². The molecule has 33 heavy (non-hydrogen) atoms. The van der Waals surface area contributed by atoms with Gasteiger partial charge in [0.1, 0.15) is 0 Å². The van der Waals surface area contributed by atoms with Crippen molar-refractivity contribution in [1.82, 2.24) is 15.0 Å². The molecule has 6 heteroatoms. The van der Waals surface area contributed by atoms with Gasteiger partial charge in [-0.3, -0.25) is 0 Å². The fraction of sp³-hybridized carbons (Fsp3) is 0.222. The number of hydrogen-bond donors (Lipinski definition) is 0. The SMILES string of the molecule is Cc1c(C[Se]c2ccccn2)c(C)c(C[Se]c2ccccn2)c(C)c1C[Se]c1ccccn1. The summed E-state index contributed by atoms with van der Waals surface area (Å²) in [5.74, 6) is 0. The van der Waals surface area contributed by atoms with Gasteiger partial charge >= 0.3 is 217 Å². The van der Waals surface area contributed by atoms with Gasteiger partial charge < -0.3 is 0 Å². The summed E-state index contributed by atoms with van der Waals surface area (Å²) in [7, 11) is 0. The summed E-state index contributed by atoms with van der Waals surface area (Å²) in [5, 5.41) is 3.28. The molecule has 0 unspecified atom stereocenters. The molecule has 0 radical (unpaired) electrons. The van der Waals surface area contributed by atoms with E-state index < -0.39 is 0 Å². The second kappa shape index (κ2) is 12.1. The molecular weight excluding hydrogens is 603 g/mol. The summed E-state index contributed by atoms with van der Waals surface area (Å²) in [6, 6.07) is 18.8. The normalized spacial score (nSPS) is 11.0. The number of benzene rings is 1. The molecule has 0 aliphatic heterocycles. The third-order valence-electron chi connectivity index (χ3n) is 5.72. The Morgan fingerprint density at radius 1 is 0.485 bits per heavy atom. The Hall–Kier alpha value is -1.77. The zero-order chi connectivity index (χ0) is 23.0. The third-order valence-corrected chi connectivity index (χ3v) is 11.8. The molecule has 1 aromatic carbocycles. The second-order valence-corrected chi connectivity index (χ2v) is 13.9. The van der Waals surface area contributed by atoms with E-state index in [1.165, 1.54) is 47.2 Å². The summed E-state index contributed by atoms with van der Waals surface area (Å²) >= 11 is 0.997. The molecule has 0 N–H and O–H groups in total. The van der Waals surface area contributed by atoms with E-state index in [2.05, 4.69) is 72.1 Å². The van der Waals surface area contributed by atoms with Crippen molar-refractivity contribution in [2.75, 3.05) is 0 Å². The average molecular weight is 630 g/mol. The Labute approximate surface area is 215 Å². The van der Waals surface area contributed by atoms with Crippen molar-refractivity contribution < 1.29 is 0 Å². The van der Waals surface area contributed by atoms with Crippen molar-refractivity contribution in [2.45, 2.75) is 36.7 Å². The molecule has 0 saturated carbocycles. The predicted molar refractivity (Wildman–Crippen MR) is 141 cm³/mol. The van der Waals surface area contributed by atoms with Gasteiger partial charge in [-0.25, -0.2) is 0 Å². The molecule has 0 aliphatic rings. The van der Waals surface area contributed by atoms with E-state index in [-0.39, 0.29) is 0 Å². The third kappa shape index (κ3) is 6.43. The van der Waals surface area contributed by atoms with Crippen LogP contribution in [0.3, 0.4) is 0 Å². The van der Waals surface area contributed by atoms with Gasteiger partial charge in [0.15, 0.2) is 0 Å². The van der Waals surface area contributed by atoms with E-state index >= 15 is 0 Å². The molecule has 0 aliphatic carbocycles. The van der Waals surface area contributed by atoms with Crippen molar-refractivity contribution in [3.05, 3.63) is 107 Å². The van der Waals surface area contributed by atoms with Gasteiger partial charge in [-0.15, -0.1) is 0 Å². The zero-order valence-electron chi connectivity index (χ0n) is 19.1. The van der Waals surface area contributed by atoms with Crippen LogP contribution < -0.4 is 13.8 Å². The van der Waals surface area contributed by atoms with E-state index in [9.17, 15) is 0 Å². The Kier molecular flexibility index (Phi) is 8.92. The van der Waals surface area contributed by atoms with Gasteiger partial charge in [0.05, 0.1) is 0 Å². The van der Waals surface area contributed by atoms with Crippen LogP contribution in [0.5, 0.6) is 0 Å². The van der Waals surface area contributed by atoms with Crippen LogP contribution in [-0.2, 0) is 16.0 Å². The Morgan fingerprint density at radius 2 is 0.788 bits per heavy atom. The number of rotatable bonds is 9. The van der Waals surface area contributed by atoms with Gasteiger partial charge in [0.2, 0.25) is 0 Å². The zero-order valence-corrected chi connectivity index (χ0v) is 24.3. The standard InChI is InChI=1S/C27H27N3Se3/c1-19-22(16-31-25-10-4-7-13-28-25)20(2)24(18-33-27-12-6-9-15-30-27)21(3)23(19)17-32-26-11-5-8-14-29-26/h4-15H,16-18H2,1-3H3. The molecule has 3 heterocycles. The number of pyridine rings is 3. The van der Waals surface area contributed by atoms with Gasteiger partial charge in [-0.1, -0.05) is 0 Å². The van der Waals surface area contributed by atoms with Crippen molar-refractivity contribution >= 4 is 58.6 Å². The Morgan fingerprint density at radius 3 is 1.03 bits per heavy atom. The van der Waals surface area contributed by atoms with Crippen LogP contribution >= 0.6 is 0 Å². The fourth-order valence-electron chi connectivity index (χ4n) is 3.78. The molecule has 3 aromatic heterocycles. The summed E-state index contributed by atoms with van der Waals surface area (Å²) in [6.45, 7) is 7.00. The van der Waals surface area contributed by atoms with Crippen LogP contribution in [0.15, 0.2) is 73.2 Å². The van der Waals surface area contributed by atoms with Crippen LogP contribution in [0.4, 0.5) is 0 Å². The molecule has 0 bridgehead atoms. The molecule has 168 valence electrons. The summed E-state index contributed by atoms with van der Waals surface area (Å²) in [4.78, 5) is 13.8. The van der Waals surface area contributed by atoms with Crippen LogP contribution in [0.25, 0.3) is 0 Å². The van der Waals surface area contributed by atoms with Crippen LogP contribution in [0.1, 0.15) is 33.4 Å². The maximum absolute atomic E-state index is 4.58. The van der Waals surface area contributed by atoms with Gasteiger partial charge in [0, 0.05) is 0 Å². The monoisotopic (exact) mass is 633 g/mol. The Bertz CT molecular complexity index is 1010. The molecule has 4 rings (SSSR count). The van der Waals surface area contributed by atoms with E-state index in [1.807, 2.05) is 36.8 Å². The first-order chi connectivity index (χ1) is 16.1. The van der Waals surface area contributed by atoms with Crippen molar-refractivity contribution in [3.8, 4) is 0 Å². The number of hydrogen-bond acceptors (Lipinski definition) is 3. The minimum absolute atomic E-state index is 0.332. The molecule has 0 fully saturated rings. The number of aromatic nitrogens is 3. The summed E-state index contributed by atoms with van der Waals surface area (Å²) in [5.41, 5.74) is 9.04. The summed E-state index contributed by atoms with van der Waals surface area (Å²) < 4.78 is 3.67. The van der Waals surface area contributed by atoms with Crippen molar-refractivity contribution in [3.63, 3.8) is 0 Å². The maximum atomic E-state index is 4.58. The number of nitrogens with zero attached hydrogens (tertiary/aromatic N) is 3. The first kappa shape index (κ1) is 24.4. The van der Waals surface area contributed by atoms with Crippen molar-refractivity contribution in [1.29, 1.82) is 0 Å². The first-order valence-corrected chi connectivity index (χ1v) is 17.1. The van der Waals surface area contributed by atoms with Crippen LogP contribution in [-0.4, -0.2) is 59.8 Å². The van der Waals surface area contributed by atoms with Crippen LogP contribution in [0, 0.1) is 20.8 Å². The van der Waals surface area contributed by atoms with E-state index in [1.54, 1.807) is 0 Å². The Balaban J connectivity index is 1.65. The topological polar surface area (TPSA) is 38.7 Å². The quantitative estimate of drug-likeness (QED) is 0.267. The molecule has 4 aromatic rings. The molecule has 0 saturated heterocycles. The fourth-order valence-corrected chi connectivity index (χ4v) is 10.3. The second-order valence-electron chi connectivity index (χ2n) is 7.68. The van der Waals surface area contributed by atoms with Gasteiger partial charge in [-0.05, 0) is 0 Å². The van der Waals surface area contributed by atoms with E-state index in [4.69, 9.17) is 0 Å². The summed E-state index contributed by atoms with van der Waals surface area (Å²) in [6.07, 6.45) is 5.73. The molecule has 0 spiro atoms. The minimum atomic E-state index is 0.332. The van der Waals surface area contributed by atoms with Gasteiger partial charge in [0.25, 0.3) is 0 Å². The molecule has 3 nitrogen and oxygen atoms in total. The van der Waals surface area contributed by atoms with Crippen LogP contribution in [0.2, 0.25) is 0 Å². The molecule has 0 amide bonds. The van der Waals surface area contributed by atoms with E-state index in [0.29, 0.717) is 44.9 Å². The molecular formula is C27H27N3Se3. The van der Waals surface area contributed by atoms with Crippen molar-refractivity contribution in [2.24, 2.45) is 0 Å². The predicted octanol–water partition coefficient (Wildman–Crippen LogP) is 2.39. The average Bonchev–Trinajstić information content (AvgIpc) is 2.86.